The van der Waals surface area contributed by atoms with Crippen molar-refractivity contribution in [1.29, 1.82) is 0 Å². The Bertz CT molecular complexity index is 601. The fourth-order valence-corrected chi connectivity index (χ4v) is 2.28. The smallest absolute Gasteiger partial charge is 0.122 e. The summed E-state index contributed by atoms with van der Waals surface area (Å²) < 4.78 is 5.75. The molecular weight excluding hydrogens is 262 g/mol. The molecule has 0 fully saturated rings. The average molecular weight is 285 g/mol. The van der Waals surface area contributed by atoms with E-state index in [4.69, 9.17) is 4.74 Å². The summed E-state index contributed by atoms with van der Waals surface area (Å²) in [5.41, 5.74) is 3.90. The van der Waals surface area contributed by atoms with E-state index in [1.54, 1.807) is 6.20 Å². The van der Waals surface area contributed by atoms with Gasteiger partial charge in [-0.15, -0.1) is 0 Å². The molecule has 1 heterocycles. The molecule has 1 aromatic heterocycles. The van der Waals surface area contributed by atoms with E-state index < -0.39 is 0 Å². The molecule has 0 bridgehead atoms. The highest BCUT2D eigenvalue weighted by Crippen LogP contribution is 2.34. The molecule has 2 rings (SSSR count). The zero-order valence-corrected chi connectivity index (χ0v) is 13.2. The topological polar surface area (TPSA) is 42.4 Å². The van der Waals surface area contributed by atoms with Crippen LogP contribution in [0.25, 0.3) is 0 Å². The molecule has 1 N–H and O–H groups in total. The standard InChI is InChI=1S/C18H23NO2/c1-13-8-15(9-16(17(13)20)18(2,3)4)12-21-11-14-6-5-7-19-10-14/h5-10,20H,11-12H2,1-4H3. The quantitative estimate of drug-likeness (QED) is 0.919. The Morgan fingerprint density at radius 1 is 1.14 bits per heavy atom. The summed E-state index contributed by atoms with van der Waals surface area (Å²) in [5, 5.41) is 10.2. The van der Waals surface area contributed by atoms with Crippen LogP contribution in [0.2, 0.25) is 0 Å². The van der Waals surface area contributed by atoms with Crippen molar-refractivity contribution in [3.8, 4) is 5.75 Å². The summed E-state index contributed by atoms with van der Waals surface area (Å²) >= 11 is 0. The van der Waals surface area contributed by atoms with Gasteiger partial charge in [-0.25, -0.2) is 0 Å². The maximum absolute atomic E-state index is 10.2. The Labute approximate surface area is 126 Å². The number of hydrogen-bond donors (Lipinski definition) is 1. The zero-order chi connectivity index (χ0) is 15.5. The van der Waals surface area contributed by atoms with Crippen molar-refractivity contribution in [3.05, 3.63) is 58.9 Å². The van der Waals surface area contributed by atoms with Gasteiger partial charge >= 0.3 is 0 Å². The van der Waals surface area contributed by atoms with Crippen molar-refractivity contribution in [3.63, 3.8) is 0 Å². The molecule has 0 aliphatic rings. The van der Waals surface area contributed by atoms with Crippen LogP contribution in [0.15, 0.2) is 36.7 Å². The first-order chi connectivity index (χ1) is 9.88. The predicted molar refractivity (Wildman–Crippen MR) is 84.3 cm³/mol. The summed E-state index contributed by atoms with van der Waals surface area (Å²) in [6, 6.07) is 7.91. The van der Waals surface area contributed by atoms with E-state index in [0.717, 1.165) is 22.3 Å². The van der Waals surface area contributed by atoms with E-state index in [1.807, 2.05) is 37.4 Å². The fraction of sp³-hybridized carbons (Fsp3) is 0.389. The molecule has 0 spiro atoms. The molecule has 0 aliphatic heterocycles. The van der Waals surface area contributed by atoms with Gasteiger partial charge < -0.3 is 9.84 Å². The van der Waals surface area contributed by atoms with Crippen LogP contribution in [0.1, 0.15) is 43.0 Å². The van der Waals surface area contributed by atoms with E-state index in [0.29, 0.717) is 19.0 Å². The lowest BCUT2D eigenvalue weighted by Gasteiger charge is -2.22. The highest BCUT2D eigenvalue weighted by molar-refractivity contribution is 5.46. The van der Waals surface area contributed by atoms with Gasteiger partial charge in [-0.05, 0) is 46.7 Å². The van der Waals surface area contributed by atoms with Gasteiger partial charge in [-0.1, -0.05) is 32.9 Å². The Morgan fingerprint density at radius 3 is 2.48 bits per heavy atom. The molecule has 1 aromatic carbocycles. The van der Waals surface area contributed by atoms with Crippen LogP contribution in [0, 0.1) is 6.92 Å². The van der Waals surface area contributed by atoms with Crippen molar-refractivity contribution >= 4 is 0 Å². The van der Waals surface area contributed by atoms with Crippen LogP contribution < -0.4 is 0 Å². The monoisotopic (exact) mass is 285 g/mol. The van der Waals surface area contributed by atoms with Gasteiger partial charge in [0, 0.05) is 12.4 Å². The Morgan fingerprint density at radius 2 is 1.86 bits per heavy atom. The molecule has 0 unspecified atom stereocenters. The molecular formula is C18H23NO2. The van der Waals surface area contributed by atoms with E-state index in [1.165, 1.54) is 0 Å². The molecule has 0 atom stereocenters. The lowest BCUT2D eigenvalue weighted by atomic mass is 9.84. The van der Waals surface area contributed by atoms with Gasteiger partial charge in [0.1, 0.15) is 5.75 Å². The molecule has 112 valence electrons. The second-order valence-electron chi connectivity index (χ2n) is 6.41. The van der Waals surface area contributed by atoms with Gasteiger partial charge in [0.15, 0.2) is 0 Å². The van der Waals surface area contributed by atoms with Crippen molar-refractivity contribution < 1.29 is 9.84 Å². The van der Waals surface area contributed by atoms with E-state index in [9.17, 15) is 5.11 Å². The van der Waals surface area contributed by atoms with Gasteiger partial charge in [0.05, 0.1) is 13.2 Å². The van der Waals surface area contributed by atoms with Crippen molar-refractivity contribution in [1.82, 2.24) is 4.98 Å². The van der Waals surface area contributed by atoms with Crippen LogP contribution in [-0.2, 0) is 23.4 Å². The van der Waals surface area contributed by atoms with Gasteiger partial charge in [-0.3, -0.25) is 4.98 Å². The Kier molecular flexibility index (Phi) is 4.63. The van der Waals surface area contributed by atoms with Crippen molar-refractivity contribution in [2.75, 3.05) is 0 Å². The number of nitrogens with zero attached hydrogens (tertiary/aromatic N) is 1. The van der Waals surface area contributed by atoms with Crippen molar-refractivity contribution in [2.24, 2.45) is 0 Å². The largest absolute Gasteiger partial charge is 0.507 e. The highest BCUT2D eigenvalue weighted by atomic mass is 16.5. The number of aromatic nitrogens is 1. The minimum Gasteiger partial charge on any atom is -0.507 e. The second-order valence-corrected chi connectivity index (χ2v) is 6.41. The molecule has 0 saturated carbocycles. The summed E-state index contributed by atoms with van der Waals surface area (Å²) in [6.45, 7) is 9.29. The Balaban J connectivity index is 2.09. The lowest BCUT2D eigenvalue weighted by Crippen LogP contribution is -2.12. The number of pyridine rings is 1. The van der Waals surface area contributed by atoms with Crippen LogP contribution in [-0.4, -0.2) is 10.1 Å². The number of hydrogen-bond acceptors (Lipinski definition) is 3. The first-order valence-electron chi connectivity index (χ1n) is 7.17. The Hall–Kier alpha value is -1.87. The molecule has 0 saturated heterocycles. The minimum absolute atomic E-state index is 0.0891. The van der Waals surface area contributed by atoms with Crippen LogP contribution >= 0.6 is 0 Å². The number of phenolic OH excluding ortho intramolecular Hbond substituents is 1. The average Bonchev–Trinajstić information content (AvgIpc) is 2.42. The van der Waals surface area contributed by atoms with Crippen LogP contribution in [0.5, 0.6) is 5.75 Å². The summed E-state index contributed by atoms with van der Waals surface area (Å²) in [7, 11) is 0. The highest BCUT2D eigenvalue weighted by Gasteiger charge is 2.20. The first-order valence-corrected chi connectivity index (χ1v) is 7.17. The minimum atomic E-state index is -0.0891. The normalized spacial score (nSPS) is 11.6. The number of benzene rings is 1. The third kappa shape index (κ3) is 4.05. The molecule has 0 amide bonds. The van der Waals surface area contributed by atoms with Crippen LogP contribution in [0.3, 0.4) is 0 Å². The summed E-state index contributed by atoms with van der Waals surface area (Å²) in [6.07, 6.45) is 3.56. The lowest BCUT2D eigenvalue weighted by molar-refractivity contribution is 0.107. The number of phenols is 1. The fourth-order valence-electron chi connectivity index (χ4n) is 2.28. The number of aromatic hydroxyl groups is 1. The van der Waals surface area contributed by atoms with Gasteiger partial charge in [0.25, 0.3) is 0 Å². The molecule has 3 nitrogen and oxygen atoms in total. The van der Waals surface area contributed by atoms with Gasteiger partial charge in [0.2, 0.25) is 0 Å². The second kappa shape index (κ2) is 6.27. The van der Waals surface area contributed by atoms with E-state index >= 15 is 0 Å². The first kappa shape index (κ1) is 15.5. The number of aryl methyl sites for hydroxylation is 1. The molecule has 2 aromatic rings. The maximum atomic E-state index is 10.2. The predicted octanol–water partition coefficient (Wildman–Crippen LogP) is 4.11. The molecule has 3 heteroatoms. The number of ether oxygens (including phenoxy) is 1. The number of rotatable bonds is 4. The summed E-state index contributed by atoms with van der Waals surface area (Å²) in [5.74, 6) is 0.388. The molecule has 0 radical (unpaired) electrons. The van der Waals surface area contributed by atoms with E-state index in [-0.39, 0.29) is 5.41 Å². The third-order valence-corrected chi connectivity index (χ3v) is 3.43. The van der Waals surface area contributed by atoms with E-state index in [2.05, 4.69) is 25.8 Å². The third-order valence-electron chi connectivity index (χ3n) is 3.43. The summed E-state index contributed by atoms with van der Waals surface area (Å²) in [4.78, 5) is 4.07. The van der Waals surface area contributed by atoms with Crippen LogP contribution in [0.4, 0.5) is 0 Å². The van der Waals surface area contributed by atoms with Crippen molar-refractivity contribution in [2.45, 2.75) is 46.3 Å². The SMILES string of the molecule is Cc1cc(COCc2cccnc2)cc(C(C)(C)C)c1O. The van der Waals surface area contributed by atoms with Gasteiger partial charge in [-0.2, -0.15) is 0 Å². The maximum Gasteiger partial charge on any atom is 0.122 e. The zero-order valence-electron chi connectivity index (χ0n) is 13.2. The molecule has 0 aliphatic carbocycles. The molecule has 21 heavy (non-hydrogen) atoms.